The van der Waals surface area contributed by atoms with Gasteiger partial charge in [-0.15, -0.1) is 0 Å². The molecule has 1 unspecified atom stereocenters. The van der Waals surface area contributed by atoms with E-state index in [4.69, 9.17) is 4.74 Å². The average Bonchev–Trinajstić information content (AvgIpc) is 2.56. The highest BCUT2D eigenvalue weighted by Gasteiger charge is 2.19. The summed E-state index contributed by atoms with van der Waals surface area (Å²) in [5, 5.41) is 12.2. The average molecular weight is 308 g/mol. The van der Waals surface area contributed by atoms with E-state index in [1.54, 1.807) is 7.11 Å². The van der Waals surface area contributed by atoms with E-state index in [1.807, 2.05) is 56.3 Å². The van der Waals surface area contributed by atoms with Gasteiger partial charge in [-0.2, -0.15) is 5.26 Å². The summed E-state index contributed by atoms with van der Waals surface area (Å²) in [5.41, 5.74) is 3.68. The first-order chi connectivity index (χ1) is 11.0. The third-order valence-electron chi connectivity index (χ3n) is 3.70. The van der Waals surface area contributed by atoms with Crippen LogP contribution in [0.2, 0.25) is 0 Å². The zero-order valence-corrected chi connectivity index (χ0v) is 13.6. The van der Waals surface area contributed by atoms with Crippen molar-refractivity contribution in [2.24, 2.45) is 5.92 Å². The summed E-state index contributed by atoms with van der Waals surface area (Å²) in [5.74, 6) is -0.319. The van der Waals surface area contributed by atoms with Crippen LogP contribution < -0.4 is 10.1 Å². The molecule has 0 aliphatic carbocycles. The van der Waals surface area contributed by atoms with Crippen molar-refractivity contribution in [1.29, 1.82) is 5.26 Å². The number of benzene rings is 2. The summed E-state index contributed by atoms with van der Waals surface area (Å²) >= 11 is 0. The number of rotatable bonds is 5. The number of anilines is 1. The summed E-state index contributed by atoms with van der Waals surface area (Å²) in [6.07, 6.45) is 0.352. The molecule has 118 valence electrons. The number of hydrogen-bond donors (Lipinski definition) is 1. The standard InChI is InChI=1S/C19H20N2O2/c1-13-7-8-14(2)18(9-13)21-19(22)16(12-20)10-15-5-4-6-17(11-15)23-3/h4-9,11,16H,10H2,1-3H3,(H,21,22). The molecule has 0 saturated carbocycles. The van der Waals surface area contributed by atoms with E-state index in [1.165, 1.54) is 0 Å². The second-order valence-corrected chi connectivity index (χ2v) is 5.54. The molecule has 4 nitrogen and oxygen atoms in total. The highest BCUT2D eigenvalue weighted by Crippen LogP contribution is 2.20. The second kappa shape index (κ2) is 7.46. The Morgan fingerprint density at radius 3 is 2.74 bits per heavy atom. The number of carbonyl (C=O) groups is 1. The number of amides is 1. The molecular formula is C19H20N2O2. The molecule has 2 rings (SSSR count). The number of ether oxygens (including phenoxy) is 1. The van der Waals surface area contributed by atoms with Crippen LogP contribution in [-0.2, 0) is 11.2 Å². The molecule has 0 radical (unpaired) electrons. The van der Waals surface area contributed by atoms with Crippen LogP contribution in [-0.4, -0.2) is 13.0 Å². The van der Waals surface area contributed by atoms with Crippen molar-refractivity contribution in [3.63, 3.8) is 0 Å². The van der Waals surface area contributed by atoms with E-state index in [0.717, 1.165) is 22.4 Å². The molecule has 1 amide bonds. The maximum atomic E-state index is 12.4. The number of nitrogens with one attached hydrogen (secondary N) is 1. The first kappa shape index (κ1) is 16.6. The molecule has 2 aromatic carbocycles. The molecule has 0 fully saturated rings. The van der Waals surface area contributed by atoms with E-state index < -0.39 is 5.92 Å². The smallest absolute Gasteiger partial charge is 0.242 e. The molecular weight excluding hydrogens is 288 g/mol. The summed E-state index contributed by atoms with van der Waals surface area (Å²) in [7, 11) is 1.59. The van der Waals surface area contributed by atoms with E-state index in [9.17, 15) is 10.1 Å². The third-order valence-corrected chi connectivity index (χ3v) is 3.70. The van der Waals surface area contributed by atoms with Crippen molar-refractivity contribution < 1.29 is 9.53 Å². The third kappa shape index (κ3) is 4.33. The van der Waals surface area contributed by atoms with Gasteiger partial charge >= 0.3 is 0 Å². The summed E-state index contributed by atoms with van der Waals surface area (Å²) in [6, 6.07) is 15.4. The molecule has 0 aliphatic rings. The largest absolute Gasteiger partial charge is 0.497 e. The minimum atomic E-state index is -0.748. The van der Waals surface area contributed by atoms with Crippen molar-refractivity contribution in [2.45, 2.75) is 20.3 Å². The number of nitriles is 1. The second-order valence-electron chi connectivity index (χ2n) is 5.54. The van der Waals surface area contributed by atoms with Crippen LogP contribution in [0.5, 0.6) is 5.75 Å². The van der Waals surface area contributed by atoms with Crippen molar-refractivity contribution in [3.05, 3.63) is 59.2 Å². The Kier molecular flexibility index (Phi) is 5.37. The van der Waals surface area contributed by atoms with Gasteiger partial charge in [0.25, 0.3) is 0 Å². The SMILES string of the molecule is COc1cccc(CC(C#N)C(=O)Nc2cc(C)ccc2C)c1. The predicted octanol–water partition coefficient (Wildman–Crippen LogP) is 3.63. The minimum absolute atomic E-state index is 0.288. The maximum Gasteiger partial charge on any atom is 0.242 e. The van der Waals surface area contributed by atoms with Gasteiger partial charge in [0.05, 0.1) is 13.2 Å². The zero-order chi connectivity index (χ0) is 16.8. The number of hydrogen-bond acceptors (Lipinski definition) is 3. The van der Waals surface area contributed by atoms with Crippen LogP contribution in [0.15, 0.2) is 42.5 Å². The first-order valence-corrected chi connectivity index (χ1v) is 7.44. The van der Waals surface area contributed by atoms with Crippen LogP contribution in [0.25, 0.3) is 0 Å². The van der Waals surface area contributed by atoms with Crippen LogP contribution in [0.4, 0.5) is 5.69 Å². The van der Waals surface area contributed by atoms with Crippen molar-refractivity contribution in [1.82, 2.24) is 0 Å². The van der Waals surface area contributed by atoms with Crippen LogP contribution in [0.1, 0.15) is 16.7 Å². The molecule has 0 aliphatic heterocycles. The number of carbonyl (C=O) groups excluding carboxylic acids is 1. The monoisotopic (exact) mass is 308 g/mol. The summed E-state index contributed by atoms with van der Waals surface area (Å²) in [4.78, 5) is 12.4. The Bertz CT molecular complexity index is 747. The van der Waals surface area contributed by atoms with Crippen LogP contribution >= 0.6 is 0 Å². The Morgan fingerprint density at radius 1 is 1.26 bits per heavy atom. The van der Waals surface area contributed by atoms with Gasteiger partial charge in [0.15, 0.2) is 0 Å². The number of methoxy groups -OCH3 is 1. The molecule has 2 aromatic rings. The van der Waals surface area contributed by atoms with E-state index in [2.05, 4.69) is 11.4 Å². The lowest BCUT2D eigenvalue weighted by molar-refractivity contribution is -0.118. The lowest BCUT2D eigenvalue weighted by atomic mass is 9.99. The summed E-state index contributed by atoms with van der Waals surface area (Å²) in [6.45, 7) is 3.89. The minimum Gasteiger partial charge on any atom is -0.497 e. The van der Waals surface area contributed by atoms with Crippen molar-refractivity contribution >= 4 is 11.6 Å². The normalized spacial score (nSPS) is 11.4. The molecule has 23 heavy (non-hydrogen) atoms. The lowest BCUT2D eigenvalue weighted by Crippen LogP contribution is -2.24. The molecule has 0 saturated heterocycles. The van der Waals surface area contributed by atoms with Gasteiger partial charge in [0, 0.05) is 5.69 Å². The fourth-order valence-corrected chi connectivity index (χ4v) is 2.32. The van der Waals surface area contributed by atoms with Gasteiger partial charge < -0.3 is 10.1 Å². The Hall–Kier alpha value is -2.80. The maximum absolute atomic E-state index is 12.4. The van der Waals surface area contributed by atoms with Gasteiger partial charge in [-0.1, -0.05) is 24.3 Å². The highest BCUT2D eigenvalue weighted by molar-refractivity contribution is 5.95. The Morgan fingerprint density at radius 2 is 2.04 bits per heavy atom. The Balaban J connectivity index is 2.12. The molecule has 4 heteroatoms. The molecule has 1 N–H and O–H groups in total. The Labute approximate surface area is 136 Å². The quantitative estimate of drug-likeness (QED) is 0.917. The van der Waals surface area contributed by atoms with Crippen molar-refractivity contribution in [3.8, 4) is 11.8 Å². The number of nitrogens with zero attached hydrogens (tertiary/aromatic N) is 1. The van der Waals surface area contributed by atoms with E-state index >= 15 is 0 Å². The number of aryl methyl sites for hydroxylation is 2. The van der Waals surface area contributed by atoms with E-state index in [0.29, 0.717) is 12.2 Å². The molecule has 0 aromatic heterocycles. The van der Waals surface area contributed by atoms with Gasteiger partial charge in [-0.25, -0.2) is 0 Å². The van der Waals surface area contributed by atoms with E-state index in [-0.39, 0.29) is 5.91 Å². The molecule has 0 bridgehead atoms. The van der Waals surface area contributed by atoms with Gasteiger partial charge in [0.2, 0.25) is 5.91 Å². The van der Waals surface area contributed by atoms with Gasteiger partial charge in [-0.05, 0) is 55.2 Å². The zero-order valence-electron chi connectivity index (χ0n) is 13.6. The fraction of sp³-hybridized carbons (Fsp3) is 0.263. The first-order valence-electron chi connectivity index (χ1n) is 7.44. The van der Waals surface area contributed by atoms with Crippen LogP contribution in [0, 0.1) is 31.1 Å². The highest BCUT2D eigenvalue weighted by atomic mass is 16.5. The van der Waals surface area contributed by atoms with Crippen LogP contribution in [0.3, 0.4) is 0 Å². The molecule has 0 heterocycles. The topological polar surface area (TPSA) is 62.1 Å². The fourth-order valence-electron chi connectivity index (χ4n) is 2.32. The molecule has 0 spiro atoms. The summed E-state index contributed by atoms with van der Waals surface area (Å²) < 4.78 is 5.17. The predicted molar refractivity (Wildman–Crippen MR) is 90.3 cm³/mol. The van der Waals surface area contributed by atoms with Gasteiger partial charge in [0.1, 0.15) is 11.7 Å². The van der Waals surface area contributed by atoms with Gasteiger partial charge in [-0.3, -0.25) is 4.79 Å². The molecule has 1 atom stereocenters. The lowest BCUT2D eigenvalue weighted by Gasteiger charge is -2.13. The van der Waals surface area contributed by atoms with Crippen molar-refractivity contribution in [2.75, 3.05) is 12.4 Å².